The predicted molar refractivity (Wildman–Crippen MR) is 61.9 cm³/mol. The molecule has 2 rings (SSSR count). The lowest BCUT2D eigenvalue weighted by molar-refractivity contribution is -0.135. The minimum absolute atomic E-state index is 0.206. The molecule has 0 aliphatic carbocycles. The van der Waals surface area contributed by atoms with Gasteiger partial charge in [0.15, 0.2) is 0 Å². The van der Waals surface area contributed by atoms with E-state index in [1.807, 2.05) is 4.90 Å². The third-order valence-corrected chi connectivity index (χ3v) is 4.00. The van der Waals surface area contributed by atoms with Gasteiger partial charge in [0.2, 0.25) is 5.91 Å². The SMILES string of the molecule is C[C@H]1CN(C(=O)C2CCNCC2)C[C@@H]1CO. The Morgan fingerprint density at radius 1 is 1.38 bits per heavy atom. The van der Waals surface area contributed by atoms with Gasteiger partial charge >= 0.3 is 0 Å². The highest BCUT2D eigenvalue weighted by Gasteiger charge is 2.34. The van der Waals surface area contributed by atoms with E-state index >= 15 is 0 Å². The number of hydrogen-bond donors (Lipinski definition) is 2. The summed E-state index contributed by atoms with van der Waals surface area (Å²) in [5.74, 6) is 1.25. The van der Waals surface area contributed by atoms with Crippen molar-refractivity contribution in [3.8, 4) is 0 Å². The lowest BCUT2D eigenvalue weighted by Gasteiger charge is -2.26. The van der Waals surface area contributed by atoms with E-state index in [9.17, 15) is 9.90 Å². The standard InChI is InChI=1S/C12H22N2O2/c1-9-6-14(7-11(9)8-15)12(16)10-2-4-13-5-3-10/h9-11,13,15H,2-8H2,1H3/t9-,11+/m0/s1. The first-order valence-electron chi connectivity index (χ1n) is 6.32. The summed E-state index contributed by atoms with van der Waals surface area (Å²) in [6.07, 6.45) is 1.93. The van der Waals surface area contributed by atoms with Crippen molar-refractivity contribution < 1.29 is 9.90 Å². The molecule has 4 heteroatoms. The highest BCUT2D eigenvalue weighted by atomic mass is 16.3. The molecule has 0 unspecified atom stereocenters. The summed E-state index contributed by atoms with van der Waals surface area (Å²) < 4.78 is 0. The van der Waals surface area contributed by atoms with E-state index in [0.29, 0.717) is 11.8 Å². The molecule has 1 amide bonds. The van der Waals surface area contributed by atoms with E-state index < -0.39 is 0 Å². The Bertz CT molecular complexity index is 251. The topological polar surface area (TPSA) is 52.6 Å². The minimum Gasteiger partial charge on any atom is -0.396 e. The fraction of sp³-hybridized carbons (Fsp3) is 0.917. The number of aliphatic hydroxyl groups is 1. The van der Waals surface area contributed by atoms with Crippen molar-refractivity contribution in [3.05, 3.63) is 0 Å². The van der Waals surface area contributed by atoms with Gasteiger partial charge in [-0.15, -0.1) is 0 Å². The maximum absolute atomic E-state index is 12.2. The van der Waals surface area contributed by atoms with Crippen molar-refractivity contribution in [3.63, 3.8) is 0 Å². The molecule has 16 heavy (non-hydrogen) atoms. The molecule has 2 aliphatic heterocycles. The lowest BCUT2D eigenvalue weighted by atomic mass is 9.97. The van der Waals surface area contributed by atoms with Gasteiger partial charge < -0.3 is 15.3 Å². The highest BCUT2D eigenvalue weighted by Crippen LogP contribution is 2.25. The van der Waals surface area contributed by atoms with E-state index in [1.54, 1.807) is 0 Å². The molecule has 0 saturated carbocycles. The fourth-order valence-corrected chi connectivity index (χ4v) is 2.78. The van der Waals surface area contributed by atoms with Gasteiger partial charge in [0, 0.05) is 31.5 Å². The lowest BCUT2D eigenvalue weighted by Crippen LogP contribution is -2.40. The molecule has 92 valence electrons. The van der Waals surface area contributed by atoms with E-state index in [1.165, 1.54) is 0 Å². The van der Waals surface area contributed by atoms with Gasteiger partial charge in [-0.2, -0.15) is 0 Å². The quantitative estimate of drug-likeness (QED) is 0.701. The second-order valence-electron chi connectivity index (χ2n) is 5.19. The van der Waals surface area contributed by atoms with Gasteiger partial charge in [-0.25, -0.2) is 0 Å². The first kappa shape index (κ1) is 11.9. The summed E-state index contributed by atoms with van der Waals surface area (Å²) in [5.41, 5.74) is 0. The van der Waals surface area contributed by atoms with E-state index in [-0.39, 0.29) is 18.4 Å². The average Bonchev–Trinajstić information content (AvgIpc) is 2.71. The molecule has 2 atom stereocenters. The predicted octanol–water partition coefficient (Wildman–Crippen LogP) is 0.0728. The van der Waals surface area contributed by atoms with E-state index in [0.717, 1.165) is 39.0 Å². The minimum atomic E-state index is 0.206. The molecule has 0 aromatic carbocycles. The first-order chi connectivity index (χ1) is 7.72. The monoisotopic (exact) mass is 226 g/mol. The second kappa shape index (κ2) is 5.15. The fourth-order valence-electron chi connectivity index (χ4n) is 2.78. The number of carbonyl (C=O) groups is 1. The maximum atomic E-state index is 12.2. The molecule has 0 aromatic heterocycles. The molecule has 0 aromatic rings. The van der Waals surface area contributed by atoms with Crippen LogP contribution in [0.25, 0.3) is 0 Å². The van der Waals surface area contributed by atoms with Crippen molar-refractivity contribution in [2.45, 2.75) is 19.8 Å². The van der Waals surface area contributed by atoms with Crippen LogP contribution in [0.2, 0.25) is 0 Å². The summed E-state index contributed by atoms with van der Waals surface area (Å²) in [4.78, 5) is 14.2. The molecule has 4 nitrogen and oxygen atoms in total. The molecule has 2 aliphatic rings. The number of piperidine rings is 1. The number of amides is 1. The maximum Gasteiger partial charge on any atom is 0.225 e. The number of nitrogens with one attached hydrogen (secondary N) is 1. The number of rotatable bonds is 2. The zero-order valence-electron chi connectivity index (χ0n) is 9.98. The van der Waals surface area contributed by atoms with Gasteiger partial charge in [-0.1, -0.05) is 6.92 Å². The number of nitrogens with zero attached hydrogens (tertiary/aromatic N) is 1. The van der Waals surface area contributed by atoms with Crippen molar-refractivity contribution in [1.82, 2.24) is 10.2 Å². The normalized spacial score (nSPS) is 32.0. The van der Waals surface area contributed by atoms with Crippen molar-refractivity contribution in [1.29, 1.82) is 0 Å². The van der Waals surface area contributed by atoms with Crippen LogP contribution in [-0.2, 0) is 4.79 Å². The van der Waals surface area contributed by atoms with Crippen molar-refractivity contribution >= 4 is 5.91 Å². The van der Waals surface area contributed by atoms with Crippen molar-refractivity contribution in [2.75, 3.05) is 32.8 Å². The van der Waals surface area contributed by atoms with Crippen LogP contribution in [0.5, 0.6) is 0 Å². The largest absolute Gasteiger partial charge is 0.396 e. The Hall–Kier alpha value is -0.610. The molecule has 2 N–H and O–H groups in total. The van der Waals surface area contributed by atoms with Crippen LogP contribution >= 0.6 is 0 Å². The van der Waals surface area contributed by atoms with Gasteiger partial charge in [-0.05, 0) is 31.8 Å². The highest BCUT2D eigenvalue weighted by molar-refractivity contribution is 5.79. The number of hydrogen-bond acceptors (Lipinski definition) is 3. The average molecular weight is 226 g/mol. The van der Waals surface area contributed by atoms with Crippen LogP contribution in [0.4, 0.5) is 0 Å². The summed E-state index contributed by atoms with van der Waals surface area (Å²) in [5, 5.41) is 12.5. The zero-order valence-corrected chi connectivity index (χ0v) is 9.98. The van der Waals surface area contributed by atoms with Gasteiger partial charge in [0.25, 0.3) is 0 Å². The Kier molecular flexibility index (Phi) is 3.82. The van der Waals surface area contributed by atoms with Gasteiger partial charge in [-0.3, -0.25) is 4.79 Å². The van der Waals surface area contributed by atoms with E-state index in [4.69, 9.17) is 0 Å². The Balaban J connectivity index is 1.90. The molecule has 0 spiro atoms. The Morgan fingerprint density at radius 3 is 2.62 bits per heavy atom. The van der Waals surface area contributed by atoms with Crippen LogP contribution in [0, 0.1) is 17.8 Å². The molecule has 0 radical (unpaired) electrons. The third-order valence-electron chi connectivity index (χ3n) is 4.00. The molecule has 0 bridgehead atoms. The summed E-state index contributed by atoms with van der Waals surface area (Å²) in [7, 11) is 0. The number of aliphatic hydroxyl groups excluding tert-OH is 1. The summed E-state index contributed by atoms with van der Waals surface area (Å²) >= 11 is 0. The van der Waals surface area contributed by atoms with Crippen LogP contribution in [0.3, 0.4) is 0 Å². The smallest absolute Gasteiger partial charge is 0.225 e. The van der Waals surface area contributed by atoms with Crippen LogP contribution in [0.15, 0.2) is 0 Å². The first-order valence-corrected chi connectivity index (χ1v) is 6.32. The van der Waals surface area contributed by atoms with Crippen LogP contribution < -0.4 is 5.32 Å². The van der Waals surface area contributed by atoms with Gasteiger partial charge in [0.05, 0.1) is 0 Å². The molecular weight excluding hydrogens is 204 g/mol. The summed E-state index contributed by atoms with van der Waals surface area (Å²) in [6, 6.07) is 0. The van der Waals surface area contributed by atoms with Crippen LogP contribution in [-0.4, -0.2) is 48.7 Å². The number of carbonyl (C=O) groups excluding carboxylic acids is 1. The molecule has 2 fully saturated rings. The van der Waals surface area contributed by atoms with Crippen molar-refractivity contribution in [2.24, 2.45) is 17.8 Å². The van der Waals surface area contributed by atoms with Crippen LogP contribution in [0.1, 0.15) is 19.8 Å². The number of likely N-dealkylation sites (tertiary alicyclic amines) is 1. The Morgan fingerprint density at radius 2 is 2.06 bits per heavy atom. The Labute approximate surface area is 97.0 Å². The second-order valence-corrected chi connectivity index (χ2v) is 5.19. The van der Waals surface area contributed by atoms with Gasteiger partial charge in [0.1, 0.15) is 0 Å². The summed E-state index contributed by atoms with van der Waals surface area (Å²) in [6.45, 7) is 5.83. The zero-order chi connectivity index (χ0) is 11.5. The molecule has 2 saturated heterocycles. The van der Waals surface area contributed by atoms with E-state index in [2.05, 4.69) is 12.2 Å². The molecular formula is C12H22N2O2. The third kappa shape index (κ3) is 2.38. The molecule has 2 heterocycles.